The van der Waals surface area contributed by atoms with E-state index in [4.69, 9.17) is 0 Å². The number of hydrogen-bond acceptors (Lipinski definition) is 0. The van der Waals surface area contributed by atoms with Crippen molar-refractivity contribution in [2.45, 2.75) is 143 Å². The minimum atomic E-state index is -0.194. The van der Waals surface area contributed by atoms with Crippen LogP contribution in [0.3, 0.4) is 0 Å². The summed E-state index contributed by atoms with van der Waals surface area (Å²) >= 11 is 0. The van der Waals surface area contributed by atoms with Crippen LogP contribution in [-0.4, -0.2) is 0 Å². The second-order valence-corrected chi connectivity index (χ2v) is 28.6. The van der Waals surface area contributed by atoms with E-state index in [-0.39, 0.29) is 32.5 Å². The highest BCUT2D eigenvalue weighted by molar-refractivity contribution is 6.25. The largest absolute Gasteiger partial charge is 0.0616 e. The Balaban J connectivity index is 1.15. The van der Waals surface area contributed by atoms with E-state index >= 15 is 0 Å². The zero-order valence-corrected chi connectivity index (χ0v) is 49.2. The molecular weight excluding hydrogens is 937 g/mol. The Morgan fingerprint density at radius 3 is 1.15 bits per heavy atom. The summed E-state index contributed by atoms with van der Waals surface area (Å²) in [4.78, 5) is 0. The first-order chi connectivity index (χ1) is 36.7. The lowest BCUT2D eigenvalue weighted by Gasteiger charge is -2.28. The van der Waals surface area contributed by atoms with E-state index in [2.05, 4.69) is 281 Å². The molecule has 0 N–H and O–H groups in total. The van der Waals surface area contributed by atoms with Crippen molar-refractivity contribution in [1.82, 2.24) is 0 Å². The van der Waals surface area contributed by atoms with Crippen molar-refractivity contribution in [2.24, 2.45) is 0 Å². The Labute approximate surface area is 464 Å². The zero-order chi connectivity index (χ0) is 55.0. The summed E-state index contributed by atoms with van der Waals surface area (Å²) in [5, 5.41) is 12.8. The van der Waals surface area contributed by atoms with Gasteiger partial charge >= 0.3 is 0 Å². The van der Waals surface area contributed by atoms with Gasteiger partial charge in [-0.3, -0.25) is 0 Å². The first kappa shape index (κ1) is 50.2. The molecule has 0 nitrogen and oxygen atoms in total. The molecule has 0 unspecified atom stereocenters. The van der Waals surface area contributed by atoms with Crippen molar-refractivity contribution < 1.29 is 0 Å². The highest BCUT2D eigenvalue weighted by Crippen LogP contribution is 2.58. The molecule has 0 spiro atoms. The molecule has 388 valence electrons. The first-order valence-corrected chi connectivity index (χ1v) is 28.7. The third-order valence-corrected chi connectivity index (χ3v) is 18.6. The van der Waals surface area contributed by atoms with E-state index in [1.54, 1.807) is 0 Å². The summed E-state index contributed by atoms with van der Waals surface area (Å²) in [6.07, 6.45) is 0. The van der Waals surface area contributed by atoms with Crippen LogP contribution in [0, 0.1) is 0 Å². The van der Waals surface area contributed by atoms with Crippen LogP contribution in [-0.2, 0) is 32.5 Å². The fraction of sp³-hybridized carbons (Fsp3) is 0.282. The minimum absolute atomic E-state index is 0.0313. The van der Waals surface area contributed by atoms with Gasteiger partial charge in [0.25, 0.3) is 0 Å². The van der Waals surface area contributed by atoms with Gasteiger partial charge in [-0.1, -0.05) is 244 Å². The van der Waals surface area contributed by atoms with Crippen LogP contribution >= 0.6 is 0 Å². The monoisotopic (exact) mass is 1010 g/mol. The van der Waals surface area contributed by atoms with E-state index in [1.807, 2.05) is 0 Å². The third-order valence-electron chi connectivity index (χ3n) is 18.6. The summed E-state index contributed by atoms with van der Waals surface area (Å²) < 4.78 is 0. The lowest BCUT2D eigenvalue weighted by atomic mass is 9.76. The molecule has 0 radical (unpaired) electrons. The van der Waals surface area contributed by atoms with E-state index in [9.17, 15) is 0 Å². The van der Waals surface area contributed by atoms with Crippen LogP contribution in [0.15, 0.2) is 170 Å². The highest BCUT2D eigenvalue weighted by atomic mass is 14.4. The van der Waals surface area contributed by atoms with Gasteiger partial charge in [0.1, 0.15) is 0 Å². The van der Waals surface area contributed by atoms with Crippen molar-refractivity contribution in [3.8, 4) is 55.6 Å². The number of hydrogen-bond donors (Lipinski definition) is 0. The van der Waals surface area contributed by atoms with Crippen LogP contribution in [0.25, 0.3) is 109 Å². The topological polar surface area (TPSA) is 0 Å². The normalized spacial score (nSPS) is 14.9. The molecular formula is C78H76. The molecule has 0 heterocycles. The second kappa shape index (κ2) is 16.6. The molecule has 13 rings (SSSR count). The quantitative estimate of drug-likeness (QED) is 0.155. The summed E-state index contributed by atoms with van der Waals surface area (Å²) in [5.74, 6) is 0. The van der Waals surface area contributed by atoms with E-state index in [0.717, 1.165) is 0 Å². The number of fused-ring (bicyclic) bond motifs is 14. The molecule has 0 atom stereocenters. The number of rotatable bonds is 3. The van der Waals surface area contributed by atoms with E-state index in [1.165, 1.54) is 154 Å². The Bertz CT molecular complexity index is 4380. The summed E-state index contributed by atoms with van der Waals surface area (Å²) in [6, 6.07) is 67.3. The molecule has 0 saturated heterocycles. The Morgan fingerprint density at radius 1 is 0.244 bits per heavy atom. The zero-order valence-electron chi connectivity index (χ0n) is 49.2. The van der Waals surface area contributed by atoms with E-state index < -0.39 is 0 Å². The average Bonchev–Trinajstić information content (AvgIpc) is 3.72. The lowest BCUT2D eigenvalue weighted by molar-refractivity contribution is 0.579. The molecule has 0 aromatic heterocycles. The maximum Gasteiger partial charge on any atom is 0.0159 e. The van der Waals surface area contributed by atoms with E-state index in [0.29, 0.717) is 0 Å². The number of benzene rings is 11. The molecule has 2 aliphatic rings. The predicted octanol–water partition coefficient (Wildman–Crippen LogP) is 22.3. The molecule has 78 heavy (non-hydrogen) atoms. The minimum Gasteiger partial charge on any atom is -0.0616 e. The van der Waals surface area contributed by atoms with Gasteiger partial charge in [-0.05, 0) is 212 Å². The molecule has 2 aliphatic carbocycles. The molecule has 0 aliphatic heterocycles. The van der Waals surface area contributed by atoms with Gasteiger partial charge in [-0.2, -0.15) is 0 Å². The summed E-state index contributed by atoms with van der Waals surface area (Å²) in [7, 11) is 0. The maximum absolute atomic E-state index is 2.60. The van der Waals surface area contributed by atoms with Crippen LogP contribution < -0.4 is 0 Å². The van der Waals surface area contributed by atoms with Crippen LogP contribution in [0.4, 0.5) is 0 Å². The Morgan fingerprint density at radius 2 is 0.641 bits per heavy atom. The van der Waals surface area contributed by atoms with Crippen molar-refractivity contribution in [3.63, 3.8) is 0 Å². The summed E-state index contributed by atoms with van der Waals surface area (Å²) in [5.41, 5.74) is 23.9. The maximum atomic E-state index is 2.60. The van der Waals surface area contributed by atoms with Gasteiger partial charge in [0.05, 0.1) is 0 Å². The SMILES string of the molecule is CC(C)(C)c1ccc2c(c1)C(C)(C)c1cc(C(C)(C)C)cc(-c3cc4c5ccc(-c6ccc7c(ccc8ccccc87)c6)cc5c(-c5cc(C(C)(C)C)cc6c5-c5ccc(C(C)(C)C)cc5C6(C)C)cc4c4ccccc34)c1-2. The highest BCUT2D eigenvalue weighted by Gasteiger charge is 2.41. The van der Waals surface area contributed by atoms with Gasteiger partial charge < -0.3 is 0 Å². The van der Waals surface area contributed by atoms with Gasteiger partial charge in [-0.25, -0.2) is 0 Å². The lowest BCUT2D eigenvalue weighted by Crippen LogP contribution is -2.19. The smallest absolute Gasteiger partial charge is 0.0159 e. The first-order valence-electron chi connectivity index (χ1n) is 28.7. The van der Waals surface area contributed by atoms with Gasteiger partial charge in [0.2, 0.25) is 0 Å². The molecule has 0 fully saturated rings. The standard InChI is InChI=1S/C78H76/c1-73(2,3)49-29-33-58-67(39-49)77(13,14)69-41-51(75(7,8)9)37-65(71(58)69)63-43-62-57-32-28-47(46-27-31-54-48(35-46)26-25-45-21-17-18-22-53(45)54)36-60(57)64(44-61(62)55-23-19-20-24-56(55)63)66-38-52(76(10,11)12)42-70-72(66)59-34-30-50(74(4,5)6)40-68(59)78(70,15)16/h17-44H,1-16H3. The van der Waals surface area contributed by atoms with Crippen LogP contribution in [0.2, 0.25) is 0 Å². The molecule has 11 aromatic rings. The molecule has 0 saturated carbocycles. The van der Waals surface area contributed by atoms with Crippen molar-refractivity contribution in [1.29, 1.82) is 0 Å². The second-order valence-electron chi connectivity index (χ2n) is 28.6. The summed E-state index contributed by atoms with van der Waals surface area (Å²) in [6.45, 7) is 38.2. The molecule has 0 amide bonds. The molecule has 0 heteroatoms. The van der Waals surface area contributed by atoms with Crippen molar-refractivity contribution in [2.75, 3.05) is 0 Å². The van der Waals surface area contributed by atoms with Gasteiger partial charge in [0.15, 0.2) is 0 Å². The van der Waals surface area contributed by atoms with Crippen LogP contribution in [0.1, 0.15) is 155 Å². The van der Waals surface area contributed by atoms with Crippen LogP contribution in [0.5, 0.6) is 0 Å². The van der Waals surface area contributed by atoms with Crippen molar-refractivity contribution >= 4 is 53.9 Å². The molecule has 11 aromatic carbocycles. The molecule has 0 bridgehead atoms. The fourth-order valence-corrected chi connectivity index (χ4v) is 13.7. The third kappa shape index (κ3) is 7.59. The Kier molecular flexibility index (Phi) is 10.7. The average molecular weight is 1010 g/mol. The van der Waals surface area contributed by atoms with Gasteiger partial charge in [0, 0.05) is 10.8 Å². The Hall–Kier alpha value is -7.28. The predicted molar refractivity (Wildman–Crippen MR) is 340 cm³/mol. The fourth-order valence-electron chi connectivity index (χ4n) is 13.7. The van der Waals surface area contributed by atoms with Crippen molar-refractivity contribution in [3.05, 3.63) is 214 Å². The van der Waals surface area contributed by atoms with Gasteiger partial charge in [-0.15, -0.1) is 0 Å².